The van der Waals surface area contributed by atoms with E-state index in [1.807, 2.05) is 0 Å². The van der Waals surface area contributed by atoms with Crippen molar-refractivity contribution in [2.75, 3.05) is 62.4 Å². The quantitative estimate of drug-likeness (QED) is 0.286. The molecular weight excluding hydrogens is 468 g/mol. The first-order valence-corrected chi connectivity index (χ1v) is 13.6. The van der Waals surface area contributed by atoms with Crippen LogP contribution in [0.1, 0.15) is 22.3 Å². The highest BCUT2D eigenvalue weighted by molar-refractivity contribution is 6.04. The topological polar surface area (TPSA) is 24.9 Å². The summed E-state index contributed by atoms with van der Waals surface area (Å²) >= 11 is 0. The van der Waals surface area contributed by atoms with Crippen LogP contribution < -0.4 is 9.80 Å². The maximum absolute atomic E-state index is 5.56. The van der Waals surface area contributed by atoms with Crippen LogP contribution in [-0.4, -0.2) is 52.6 Å². The molecule has 0 unspecified atom stereocenters. The maximum atomic E-state index is 5.56. The minimum absolute atomic E-state index is 0.786. The van der Waals surface area contributed by atoms with Crippen LogP contribution >= 0.6 is 0 Å². The molecule has 38 heavy (non-hydrogen) atoms. The number of benzene rings is 4. The van der Waals surface area contributed by atoms with E-state index in [9.17, 15) is 0 Å². The van der Waals surface area contributed by atoms with Gasteiger partial charge >= 0.3 is 0 Å². The summed E-state index contributed by atoms with van der Waals surface area (Å²) in [5.74, 6) is 0. The predicted octanol–water partition coefficient (Wildman–Crippen LogP) is 6.37. The highest BCUT2D eigenvalue weighted by atomic mass is 16.5. The van der Waals surface area contributed by atoms with Crippen molar-refractivity contribution in [3.8, 4) is 0 Å². The van der Waals surface area contributed by atoms with Crippen LogP contribution in [0.25, 0.3) is 11.1 Å². The molecule has 4 aromatic carbocycles. The minimum Gasteiger partial charge on any atom is -0.378 e. The number of nitrogens with zero attached hydrogens (tertiary/aromatic N) is 2. The third-order valence-corrected chi connectivity index (χ3v) is 7.44. The molecule has 4 aromatic rings. The lowest BCUT2D eigenvalue weighted by molar-refractivity contribution is 0.122. The van der Waals surface area contributed by atoms with Crippen LogP contribution in [0.15, 0.2) is 109 Å². The van der Waals surface area contributed by atoms with Crippen molar-refractivity contribution in [3.63, 3.8) is 0 Å². The summed E-state index contributed by atoms with van der Waals surface area (Å²) in [4.78, 5) is 4.81. The first-order chi connectivity index (χ1) is 18.9. The van der Waals surface area contributed by atoms with Crippen LogP contribution in [0.3, 0.4) is 0 Å². The summed E-state index contributed by atoms with van der Waals surface area (Å²) in [5, 5.41) is 0. The van der Waals surface area contributed by atoms with E-state index in [-0.39, 0.29) is 0 Å². The van der Waals surface area contributed by atoms with Crippen LogP contribution in [0.4, 0.5) is 11.4 Å². The zero-order valence-corrected chi connectivity index (χ0v) is 21.8. The van der Waals surface area contributed by atoms with Crippen molar-refractivity contribution < 1.29 is 9.47 Å². The monoisotopic (exact) mass is 502 g/mol. The van der Waals surface area contributed by atoms with Gasteiger partial charge in [-0.2, -0.15) is 0 Å². The predicted molar refractivity (Wildman–Crippen MR) is 157 cm³/mol. The molecule has 0 spiro atoms. The van der Waals surface area contributed by atoms with Crippen LogP contribution in [-0.2, 0) is 9.47 Å². The van der Waals surface area contributed by atoms with Crippen LogP contribution in [0.5, 0.6) is 0 Å². The second kappa shape index (κ2) is 11.7. The van der Waals surface area contributed by atoms with E-state index in [4.69, 9.17) is 9.47 Å². The standard InChI is InChI=1S/C34H34N2O2/c1-3-7-27(8-4-1)33(28-9-5-2-6-10-28)34(29-11-15-31(16-12-29)35-19-23-37-24-20-35)30-13-17-32(18-14-30)36-21-25-38-26-22-36/h1-18H,19-26H2. The maximum Gasteiger partial charge on any atom is 0.0642 e. The molecule has 4 nitrogen and oxygen atoms in total. The average Bonchev–Trinajstić information content (AvgIpc) is 3.02. The Hall–Kier alpha value is -3.86. The Morgan fingerprint density at radius 2 is 0.711 bits per heavy atom. The third kappa shape index (κ3) is 5.38. The third-order valence-electron chi connectivity index (χ3n) is 7.44. The molecule has 0 amide bonds. The van der Waals surface area contributed by atoms with E-state index >= 15 is 0 Å². The summed E-state index contributed by atoms with van der Waals surface area (Å²) in [5.41, 5.74) is 9.83. The zero-order valence-electron chi connectivity index (χ0n) is 21.8. The average molecular weight is 503 g/mol. The number of anilines is 2. The molecule has 192 valence electrons. The van der Waals surface area contributed by atoms with Gasteiger partial charge in [-0.3, -0.25) is 0 Å². The zero-order chi connectivity index (χ0) is 25.6. The van der Waals surface area contributed by atoms with Gasteiger partial charge < -0.3 is 19.3 Å². The normalized spacial score (nSPS) is 15.8. The van der Waals surface area contributed by atoms with Crippen LogP contribution in [0.2, 0.25) is 0 Å². The second-order valence-corrected chi connectivity index (χ2v) is 9.77. The van der Waals surface area contributed by atoms with E-state index in [0.717, 1.165) is 52.6 Å². The van der Waals surface area contributed by atoms with Crippen molar-refractivity contribution in [2.45, 2.75) is 0 Å². The van der Waals surface area contributed by atoms with Gasteiger partial charge in [-0.15, -0.1) is 0 Å². The van der Waals surface area contributed by atoms with E-state index in [1.165, 1.54) is 44.8 Å². The van der Waals surface area contributed by atoms with Gasteiger partial charge in [-0.25, -0.2) is 0 Å². The smallest absolute Gasteiger partial charge is 0.0642 e. The van der Waals surface area contributed by atoms with Gasteiger partial charge in [0, 0.05) is 37.6 Å². The van der Waals surface area contributed by atoms with E-state index in [1.54, 1.807) is 0 Å². The van der Waals surface area contributed by atoms with Gasteiger partial charge in [0.05, 0.1) is 26.4 Å². The number of hydrogen-bond donors (Lipinski definition) is 0. The first-order valence-electron chi connectivity index (χ1n) is 13.6. The molecule has 0 atom stereocenters. The van der Waals surface area contributed by atoms with Gasteiger partial charge in [-0.1, -0.05) is 84.9 Å². The van der Waals surface area contributed by atoms with Gasteiger partial charge in [0.1, 0.15) is 0 Å². The summed E-state index contributed by atoms with van der Waals surface area (Å²) in [6.07, 6.45) is 0. The molecule has 2 fully saturated rings. The van der Waals surface area contributed by atoms with E-state index in [0.29, 0.717) is 0 Å². The molecule has 0 aromatic heterocycles. The highest BCUT2D eigenvalue weighted by Crippen LogP contribution is 2.38. The number of morpholine rings is 2. The van der Waals surface area contributed by atoms with Gasteiger partial charge in [0.15, 0.2) is 0 Å². The van der Waals surface area contributed by atoms with E-state index in [2.05, 4.69) is 119 Å². The Balaban J connectivity index is 1.48. The molecule has 0 radical (unpaired) electrons. The molecule has 2 aliphatic rings. The summed E-state index contributed by atoms with van der Waals surface area (Å²) in [6, 6.07) is 39.7. The Kier molecular flexibility index (Phi) is 7.52. The molecule has 0 bridgehead atoms. The molecule has 0 saturated carbocycles. The summed E-state index contributed by atoms with van der Waals surface area (Å²) in [6.45, 7) is 6.88. The molecule has 2 heterocycles. The largest absolute Gasteiger partial charge is 0.378 e. The lowest BCUT2D eigenvalue weighted by atomic mass is 9.85. The summed E-state index contributed by atoms with van der Waals surface area (Å²) in [7, 11) is 0. The van der Waals surface area contributed by atoms with Crippen molar-refractivity contribution in [3.05, 3.63) is 131 Å². The number of rotatable bonds is 6. The number of ether oxygens (including phenoxy) is 2. The number of hydrogen-bond acceptors (Lipinski definition) is 4. The minimum atomic E-state index is 0.786. The van der Waals surface area contributed by atoms with Gasteiger partial charge in [0.2, 0.25) is 0 Å². The van der Waals surface area contributed by atoms with Crippen molar-refractivity contribution in [1.29, 1.82) is 0 Å². The van der Waals surface area contributed by atoms with Crippen molar-refractivity contribution in [1.82, 2.24) is 0 Å². The Labute approximate surface area is 225 Å². The molecule has 2 aliphatic heterocycles. The molecule has 6 rings (SSSR count). The van der Waals surface area contributed by atoms with Crippen molar-refractivity contribution >= 4 is 22.5 Å². The lowest BCUT2D eigenvalue weighted by Gasteiger charge is -2.29. The Morgan fingerprint density at radius 3 is 1.05 bits per heavy atom. The fraction of sp³-hybridized carbons (Fsp3) is 0.235. The molecule has 0 aliphatic carbocycles. The van der Waals surface area contributed by atoms with Gasteiger partial charge in [-0.05, 0) is 57.7 Å². The molecule has 0 N–H and O–H groups in total. The fourth-order valence-electron chi connectivity index (χ4n) is 5.44. The molecular formula is C34H34N2O2. The van der Waals surface area contributed by atoms with E-state index < -0.39 is 0 Å². The summed E-state index contributed by atoms with van der Waals surface area (Å²) < 4.78 is 11.1. The first kappa shape index (κ1) is 24.5. The molecule has 2 saturated heterocycles. The molecule has 4 heteroatoms. The SMILES string of the molecule is c1ccc(C(=C(c2ccc(N3CCOCC3)cc2)c2ccc(N3CCOCC3)cc2)c2ccccc2)cc1. The van der Waals surface area contributed by atoms with Gasteiger partial charge in [0.25, 0.3) is 0 Å². The lowest BCUT2D eigenvalue weighted by Crippen LogP contribution is -2.36. The fourth-order valence-corrected chi connectivity index (χ4v) is 5.44. The Morgan fingerprint density at radius 1 is 0.395 bits per heavy atom. The highest BCUT2D eigenvalue weighted by Gasteiger charge is 2.18. The Bertz CT molecular complexity index is 1230. The van der Waals surface area contributed by atoms with Crippen LogP contribution in [0, 0.1) is 0 Å². The second-order valence-electron chi connectivity index (χ2n) is 9.77. The van der Waals surface area contributed by atoms with Crippen molar-refractivity contribution in [2.24, 2.45) is 0 Å².